The van der Waals surface area contributed by atoms with Crippen molar-refractivity contribution in [1.29, 1.82) is 0 Å². The lowest BCUT2D eigenvalue weighted by Crippen LogP contribution is -2.41. The largest absolute Gasteiger partial charge is 0.493 e. The smallest absolute Gasteiger partial charge is 0.416 e. The quantitative estimate of drug-likeness (QED) is 0.707. The number of hydrogen-bond acceptors (Lipinski definition) is 3. The number of alkyl halides is 3. The fourth-order valence-corrected chi connectivity index (χ4v) is 3.13. The topological polar surface area (TPSA) is 38.8 Å². The number of halogens is 3. The predicted octanol–water partition coefficient (Wildman–Crippen LogP) is 5.13. The SMILES string of the molecule is O=C(OCc1ccccc1)N1CCC[C@H](COc2ccc(C(F)(F)F)cc2)C1. The van der Waals surface area contributed by atoms with Gasteiger partial charge >= 0.3 is 12.3 Å². The highest BCUT2D eigenvalue weighted by molar-refractivity contribution is 5.67. The third-order valence-electron chi connectivity index (χ3n) is 4.65. The molecule has 1 atom stereocenters. The molecule has 28 heavy (non-hydrogen) atoms. The van der Waals surface area contributed by atoms with Crippen LogP contribution in [-0.4, -0.2) is 30.7 Å². The van der Waals surface area contributed by atoms with Gasteiger partial charge in [-0.15, -0.1) is 0 Å². The molecular weight excluding hydrogens is 371 g/mol. The van der Waals surface area contributed by atoms with Crippen molar-refractivity contribution in [3.8, 4) is 5.75 Å². The number of nitrogens with zero attached hydrogens (tertiary/aromatic N) is 1. The molecule has 2 aromatic rings. The van der Waals surface area contributed by atoms with Gasteiger partial charge in [0.1, 0.15) is 12.4 Å². The van der Waals surface area contributed by atoms with Crippen molar-refractivity contribution in [2.45, 2.75) is 25.6 Å². The summed E-state index contributed by atoms with van der Waals surface area (Å²) in [4.78, 5) is 13.9. The highest BCUT2D eigenvalue weighted by Gasteiger charge is 2.30. The summed E-state index contributed by atoms with van der Waals surface area (Å²) in [7, 11) is 0. The summed E-state index contributed by atoms with van der Waals surface area (Å²) < 4.78 is 48.8. The van der Waals surface area contributed by atoms with Crippen LogP contribution in [0.25, 0.3) is 0 Å². The molecule has 1 fully saturated rings. The summed E-state index contributed by atoms with van der Waals surface area (Å²) >= 11 is 0. The Kier molecular flexibility index (Phi) is 6.44. The molecule has 1 aliphatic rings. The number of piperidine rings is 1. The summed E-state index contributed by atoms with van der Waals surface area (Å²) in [6, 6.07) is 14.1. The van der Waals surface area contributed by atoms with Crippen molar-refractivity contribution < 1.29 is 27.4 Å². The maximum Gasteiger partial charge on any atom is 0.416 e. The zero-order valence-corrected chi connectivity index (χ0v) is 15.3. The van der Waals surface area contributed by atoms with E-state index in [-0.39, 0.29) is 18.6 Å². The standard InChI is InChI=1S/C21H22F3NO3/c22-21(23,24)18-8-10-19(11-9-18)27-15-17-7-4-12-25(13-17)20(26)28-14-16-5-2-1-3-6-16/h1-3,5-6,8-11,17H,4,7,12-15H2/t17-/m0/s1. The predicted molar refractivity (Wildman–Crippen MR) is 97.9 cm³/mol. The summed E-state index contributed by atoms with van der Waals surface area (Å²) in [5.74, 6) is 0.497. The van der Waals surface area contributed by atoms with Crippen LogP contribution in [0, 0.1) is 5.92 Å². The van der Waals surface area contributed by atoms with E-state index in [4.69, 9.17) is 9.47 Å². The van der Waals surface area contributed by atoms with Crippen LogP contribution in [-0.2, 0) is 17.5 Å². The minimum Gasteiger partial charge on any atom is -0.493 e. The van der Waals surface area contributed by atoms with Crippen LogP contribution in [0.4, 0.5) is 18.0 Å². The minimum atomic E-state index is -4.36. The van der Waals surface area contributed by atoms with E-state index in [1.54, 1.807) is 4.90 Å². The Bertz CT molecular complexity index is 763. The highest BCUT2D eigenvalue weighted by atomic mass is 19.4. The van der Waals surface area contributed by atoms with Gasteiger partial charge in [0.25, 0.3) is 0 Å². The molecule has 150 valence electrons. The van der Waals surface area contributed by atoms with Gasteiger partial charge < -0.3 is 14.4 Å². The molecule has 1 amide bonds. The molecule has 0 radical (unpaired) electrons. The second-order valence-corrected chi connectivity index (χ2v) is 6.83. The Balaban J connectivity index is 1.46. The second-order valence-electron chi connectivity index (χ2n) is 6.83. The van der Waals surface area contributed by atoms with Crippen molar-refractivity contribution >= 4 is 6.09 Å². The van der Waals surface area contributed by atoms with Gasteiger partial charge in [0.15, 0.2) is 0 Å². The number of carbonyl (C=O) groups is 1. The van der Waals surface area contributed by atoms with E-state index in [2.05, 4.69) is 0 Å². The molecule has 0 aliphatic carbocycles. The van der Waals surface area contributed by atoms with Gasteiger partial charge in [-0.2, -0.15) is 13.2 Å². The molecule has 0 unspecified atom stereocenters. The molecule has 4 nitrogen and oxygen atoms in total. The third kappa shape index (κ3) is 5.65. The van der Waals surface area contributed by atoms with Crippen LogP contribution in [0.3, 0.4) is 0 Å². The first-order chi connectivity index (χ1) is 13.4. The number of likely N-dealkylation sites (tertiary alicyclic amines) is 1. The molecule has 0 bridgehead atoms. The van der Waals surface area contributed by atoms with Crippen molar-refractivity contribution in [2.24, 2.45) is 5.92 Å². The van der Waals surface area contributed by atoms with Crippen molar-refractivity contribution in [1.82, 2.24) is 4.90 Å². The van der Waals surface area contributed by atoms with Crippen LogP contribution in [0.5, 0.6) is 5.75 Å². The summed E-state index contributed by atoms with van der Waals surface area (Å²) in [5.41, 5.74) is 0.222. The molecule has 3 rings (SSSR count). The van der Waals surface area contributed by atoms with Crippen LogP contribution in [0.2, 0.25) is 0 Å². The van der Waals surface area contributed by atoms with E-state index in [1.165, 1.54) is 12.1 Å². The fraction of sp³-hybridized carbons (Fsp3) is 0.381. The molecule has 0 spiro atoms. The van der Waals surface area contributed by atoms with Gasteiger partial charge in [-0.25, -0.2) is 4.79 Å². The van der Waals surface area contributed by atoms with E-state index >= 15 is 0 Å². The van der Waals surface area contributed by atoms with Crippen LogP contribution in [0.15, 0.2) is 54.6 Å². The minimum absolute atomic E-state index is 0.111. The average molecular weight is 393 g/mol. The zero-order chi connectivity index (χ0) is 20.0. The average Bonchev–Trinajstić information content (AvgIpc) is 2.71. The van der Waals surface area contributed by atoms with Gasteiger partial charge in [-0.05, 0) is 42.7 Å². The number of rotatable bonds is 5. The molecule has 0 saturated carbocycles. The lowest BCUT2D eigenvalue weighted by Gasteiger charge is -2.32. The Labute approximate surface area is 161 Å². The van der Waals surface area contributed by atoms with Crippen molar-refractivity contribution in [3.63, 3.8) is 0 Å². The number of hydrogen-bond donors (Lipinski definition) is 0. The van der Waals surface area contributed by atoms with Gasteiger partial charge in [0, 0.05) is 19.0 Å². The maximum absolute atomic E-state index is 12.6. The van der Waals surface area contributed by atoms with Gasteiger partial charge in [0.05, 0.1) is 12.2 Å². The molecule has 0 N–H and O–H groups in total. The normalized spacial score (nSPS) is 17.2. The molecule has 2 aromatic carbocycles. The summed E-state index contributed by atoms with van der Waals surface area (Å²) in [5, 5.41) is 0. The van der Waals surface area contributed by atoms with Crippen LogP contribution in [0.1, 0.15) is 24.0 Å². The van der Waals surface area contributed by atoms with E-state index in [0.717, 1.165) is 30.5 Å². The monoisotopic (exact) mass is 393 g/mol. The Hall–Kier alpha value is -2.70. The van der Waals surface area contributed by atoms with Crippen LogP contribution >= 0.6 is 0 Å². The summed E-state index contributed by atoms with van der Waals surface area (Å²) in [6.07, 6.45) is -2.99. The number of carbonyl (C=O) groups excluding carboxylic acids is 1. The second kappa shape index (κ2) is 8.99. The maximum atomic E-state index is 12.6. The number of ether oxygens (including phenoxy) is 2. The Morgan fingerprint density at radius 2 is 1.79 bits per heavy atom. The van der Waals surface area contributed by atoms with Gasteiger partial charge in [-0.3, -0.25) is 0 Å². The number of amides is 1. The zero-order valence-electron chi connectivity index (χ0n) is 15.3. The lowest BCUT2D eigenvalue weighted by molar-refractivity contribution is -0.137. The Morgan fingerprint density at radius 1 is 1.07 bits per heavy atom. The third-order valence-corrected chi connectivity index (χ3v) is 4.65. The summed E-state index contributed by atoms with van der Waals surface area (Å²) in [6.45, 7) is 1.70. The van der Waals surface area contributed by atoms with Crippen LogP contribution < -0.4 is 4.74 Å². The van der Waals surface area contributed by atoms with E-state index in [0.29, 0.717) is 25.4 Å². The fourth-order valence-electron chi connectivity index (χ4n) is 3.13. The first-order valence-electron chi connectivity index (χ1n) is 9.17. The first-order valence-corrected chi connectivity index (χ1v) is 9.17. The Morgan fingerprint density at radius 3 is 2.46 bits per heavy atom. The first kappa shape index (κ1) is 20.0. The molecule has 1 aliphatic heterocycles. The molecular formula is C21H22F3NO3. The molecule has 0 aromatic heterocycles. The molecule has 1 saturated heterocycles. The van der Waals surface area contributed by atoms with E-state index < -0.39 is 11.7 Å². The van der Waals surface area contributed by atoms with Gasteiger partial charge in [-0.1, -0.05) is 30.3 Å². The van der Waals surface area contributed by atoms with Gasteiger partial charge in [0.2, 0.25) is 0 Å². The van der Waals surface area contributed by atoms with E-state index in [9.17, 15) is 18.0 Å². The van der Waals surface area contributed by atoms with E-state index in [1.807, 2.05) is 30.3 Å². The number of benzene rings is 2. The highest BCUT2D eigenvalue weighted by Crippen LogP contribution is 2.30. The lowest BCUT2D eigenvalue weighted by atomic mass is 9.99. The molecule has 7 heteroatoms. The van der Waals surface area contributed by atoms with Crippen molar-refractivity contribution in [2.75, 3.05) is 19.7 Å². The van der Waals surface area contributed by atoms with Crippen molar-refractivity contribution in [3.05, 3.63) is 65.7 Å². The molecule has 1 heterocycles.